The van der Waals surface area contributed by atoms with E-state index >= 15 is 0 Å². The monoisotopic (exact) mass is 238 g/mol. The highest BCUT2D eigenvalue weighted by molar-refractivity contribution is 5.92. The van der Waals surface area contributed by atoms with Crippen molar-refractivity contribution in [3.63, 3.8) is 0 Å². The lowest BCUT2D eigenvalue weighted by Crippen LogP contribution is -2.31. The number of nitrogens with zero attached hydrogens (tertiary/aromatic N) is 2. The zero-order valence-electron chi connectivity index (χ0n) is 9.64. The van der Waals surface area contributed by atoms with Gasteiger partial charge in [0.25, 0.3) is 5.91 Å². The minimum absolute atomic E-state index is 0.104. The number of aliphatic hydroxyl groups is 1. The number of hydrogen-bond donors (Lipinski definition) is 1. The van der Waals surface area contributed by atoms with Gasteiger partial charge in [-0.05, 0) is 25.5 Å². The molecule has 0 saturated carbocycles. The fourth-order valence-electron chi connectivity index (χ4n) is 2.05. The summed E-state index contributed by atoms with van der Waals surface area (Å²) in [6.45, 7) is 2.82. The van der Waals surface area contributed by atoms with Gasteiger partial charge in [0.1, 0.15) is 5.69 Å². The first-order chi connectivity index (χ1) is 8.08. The Kier molecular flexibility index (Phi) is 3.38. The fourth-order valence-corrected chi connectivity index (χ4v) is 2.05. The third-order valence-corrected chi connectivity index (χ3v) is 3.13. The lowest BCUT2D eigenvalue weighted by Gasteiger charge is -2.17. The van der Waals surface area contributed by atoms with E-state index in [2.05, 4.69) is 4.98 Å². The topological polar surface area (TPSA) is 53.4 Å². The largest absolute Gasteiger partial charge is 0.393 e. The second-order valence-electron chi connectivity index (χ2n) is 4.39. The van der Waals surface area contributed by atoms with Crippen LogP contribution in [0.5, 0.6) is 0 Å². The molecule has 4 nitrogen and oxygen atoms in total. The van der Waals surface area contributed by atoms with Crippen LogP contribution in [0.1, 0.15) is 23.8 Å². The van der Waals surface area contributed by atoms with Crippen LogP contribution in [-0.4, -0.2) is 40.1 Å². The molecule has 1 aliphatic rings. The Morgan fingerprint density at radius 2 is 2.41 bits per heavy atom. The van der Waals surface area contributed by atoms with Crippen molar-refractivity contribution >= 4 is 5.91 Å². The van der Waals surface area contributed by atoms with Gasteiger partial charge < -0.3 is 10.0 Å². The molecule has 1 aliphatic heterocycles. The van der Waals surface area contributed by atoms with E-state index in [4.69, 9.17) is 0 Å². The van der Waals surface area contributed by atoms with Crippen molar-refractivity contribution in [2.45, 2.75) is 19.4 Å². The molecular formula is C12H15FN2O2. The van der Waals surface area contributed by atoms with Crippen LogP contribution in [0.3, 0.4) is 0 Å². The molecule has 1 saturated heterocycles. The van der Waals surface area contributed by atoms with Crippen molar-refractivity contribution < 1.29 is 14.3 Å². The van der Waals surface area contributed by atoms with E-state index in [1.165, 1.54) is 18.2 Å². The van der Waals surface area contributed by atoms with Crippen LogP contribution >= 0.6 is 0 Å². The van der Waals surface area contributed by atoms with Crippen LogP contribution in [0.4, 0.5) is 4.39 Å². The molecule has 5 heteroatoms. The Labute approximate surface area is 99.1 Å². The predicted molar refractivity (Wildman–Crippen MR) is 59.9 cm³/mol. The van der Waals surface area contributed by atoms with Crippen LogP contribution in [0, 0.1) is 11.9 Å². The summed E-state index contributed by atoms with van der Waals surface area (Å²) in [4.78, 5) is 17.2. The first-order valence-corrected chi connectivity index (χ1v) is 5.68. The summed E-state index contributed by atoms with van der Waals surface area (Å²) < 4.78 is 12.9. The average Bonchev–Trinajstić information content (AvgIpc) is 2.77. The molecule has 17 heavy (non-hydrogen) atoms. The normalized spacial score (nSPS) is 21.6. The number of carbonyl (C=O) groups is 1. The van der Waals surface area contributed by atoms with E-state index in [0.29, 0.717) is 13.1 Å². The maximum atomic E-state index is 12.9. The second-order valence-corrected chi connectivity index (χ2v) is 4.39. The van der Waals surface area contributed by atoms with E-state index in [-0.39, 0.29) is 17.5 Å². The number of amides is 1. The lowest BCUT2D eigenvalue weighted by molar-refractivity contribution is 0.0755. The van der Waals surface area contributed by atoms with Crippen LogP contribution in [-0.2, 0) is 0 Å². The zero-order valence-corrected chi connectivity index (χ0v) is 9.64. The van der Waals surface area contributed by atoms with E-state index in [1.807, 2.05) is 0 Å². The number of halogens is 1. The molecule has 0 spiro atoms. The summed E-state index contributed by atoms with van der Waals surface area (Å²) in [5.74, 6) is -0.817. The minimum atomic E-state index is -0.651. The van der Waals surface area contributed by atoms with E-state index in [0.717, 1.165) is 6.42 Å². The molecule has 0 aromatic carbocycles. The van der Waals surface area contributed by atoms with Gasteiger partial charge in [-0.25, -0.2) is 4.98 Å². The van der Waals surface area contributed by atoms with E-state index in [9.17, 15) is 14.3 Å². The molecule has 2 heterocycles. The maximum absolute atomic E-state index is 12.9. The third-order valence-electron chi connectivity index (χ3n) is 3.13. The van der Waals surface area contributed by atoms with Crippen molar-refractivity contribution in [2.24, 2.45) is 5.92 Å². The number of pyridine rings is 1. The molecule has 0 aliphatic carbocycles. The van der Waals surface area contributed by atoms with Gasteiger partial charge in [0.15, 0.2) is 0 Å². The maximum Gasteiger partial charge on any atom is 0.272 e. The van der Waals surface area contributed by atoms with Gasteiger partial charge in [0.05, 0.1) is 6.10 Å². The number of hydrogen-bond acceptors (Lipinski definition) is 3. The number of carbonyl (C=O) groups excluding carboxylic acids is 1. The van der Waals surface area contributed by atoms with Crippen molar-refractivity contribution in [1.82, 2.24) is 9.88 Å². The third kappa shape index (κ3) is 2.61. The van der Waals surface area contributed by atoms with Crippen LogP contribution < -0.4 is 0 Å². The van der Waals surface area contributed by atoms with Gasteiger partial charge in [-0.1, -0.05) is 6.07 Å². The lowest BCUT2D eigenvalue weighted by atomic mass is 10.0. The van der Waals surface area contributed by atoms with Gasteiger partial charge in [-0.15, -0.1) is 0 Å². The number of rotatable bonds is 2. The Hall–Kier alpha value is -1.49. The smallest absolute Gasteiger partial charge is 0.272 e. The molecule has 1 amide bonds. The summed E-state index contributed by atoms with van der Waals surface area (Å²) in [5.41, 5.74) is 0.122. The van der Waals surface area contributed by atoms with Crippen molar-refractivity contribution in [2.75, 3.05) is 13.1 Å². The first kappa shape index (κ1) is 12.0. The molecule has 1 fully saturated rings. The molecule has 1 aromatic heterocycles. The average molecular weight is 238 g/mol. The summed E-state index contributed by atoms with van der Waals surface area (Å²) >= 11 is 0. The summed E-state index contributed by atoms with van der Waals surface area (Å²) in [5, 5.41) is 9.45. The van der Waals surface area contributed by atoms with Gasteiger partial charge in [-0.2, -0.15) is 4.39 Å². The van der Waals surface area contributed by atoms with Gasteiger partial charge >= 0.3 is 0 Å². The standard InChI is InChI=1S/C12H15FN2O2/c1-8(16)9-5-6-15(7-9)12(17)10-3-2-4-11(13)14-10/h2-4,8-9,16H,5-7H2,1H3. The Balaban J connectivity index is 2.07. The molecule has 1 aromatic rings. The summed E-state index contributed by atoms with van der Waals surface area (Å²) in [6, 6.07) is 4.18. The molecule has 0 radical (unpaired) electrons. The SMILES string of the molecule is CC(O)C1CCN(C(=O)c2cccc(F)n2)C1. The molecule has 2 atom stereocenters. The van der Waals surface area contributed by atoms with Gasteiger partial charge in [0.2, 0.25) is 5.95 Å². The molecule has 92 valence electrons. The van der Waals surface area contributed by atoms with Gasteiger partial charge in [0, 0.05) is 19.0 Å². The highest BCUT2D eigenvalue weighted by atomic mass is 19.1. The Bertz CT molecular complexity index is 423. The summed E-state index contributed by atoms with van der Waals surface area (Å²) in [6.07, 6.45) is 0.354. The van der Waals surface area contributed by atoms with Crippen molar-refractivity contribution in [3.05, 3.63) is 29.8 Å². The number of aromatic nitrogens is 1. The highest BCUT2D eigenvalue weighted by Gasteiger charge is 2.30. The van der Waals surface area contributed by atoms with Crippen LogP contribution in [0.2, 0.25) is 0 Å². The predicted octanol–water partition coefficient (Wildman–Crippen LogP) is 1.06. The quantitative estimate of drug-likeness (QED) is 0.784. The Morgan fingerprint density at radius 3 is 3.00 bits per heavy atom. The van der Waals surface area contributed by atoms with Crippen LogP contribution in [0.25, 0.3) is 0 Å². The fraction of sp³-hybridized carbons (Fsp3) is 0.500. The van der Waals surface area contributed by atoms with Crippen molar-refractivity contribution in [3.8, 4) is 0 Å². The second kappa shape index (κ2) is 4.79. The zero-order chi connectivity index (χ0) is 12.4. The highest BCUT2D eigenvalue weighted by Crippen LogP contribution is 2.21. The minimum Gasteiger partial charge on any atom is -0.393 e. The summed E-state index contributed by atoms with van der Waals surface area (Å²) in [7, 11) is 0. The molecule has 2 rings (SSSR count). The van der Waals surface area contributed by atoms with E-state index in [1.54, 1.807) is 11.8 Å². The first-order valence-electron chi connectivity index (χ1n) is 5.68. The molecule has 2 unspecified atom stereocenters. The molecule has 0 bridgehead atoms. The van der Waals surface area contributed by atoms with Crippen LogP contribution in [0.15, 0.2) is 18.2 Å². The Morgan fingerprint density at radius 1 is 1.65 bits per heavy atom. The van der Waals surface area contributed by atoms with Crippen molar-refractivity contribution in [1.29, 1.82) is 0 Å². The van der Waals surface area contributed by atoms with Gasteiger partial charge in [-0.3, -0.25) is 4.79 Å². The molecule has 1 N–H and O–H groups in total. The number of aliphatic hydroxyl groups excluding tert-OH is 1. The molecular weight excluding hydrogens is 223 g/mol. The van der Waals surface area contributed by atoms with E-state index < -0.39 is 12.1 Å². The number of likely N-dealkylation sites (tertiary alicyclic amines) is 1.